The van der Waals surface area contributed by atoms with E-state index >= 15 is 0 Å². The number of nitrogens with two attached hydrogens (primary N) is 1. The van der Waals surface area contributed by atoms with Gasteiger partial charge in [-0.25, -0.2) is 14.8 Å². The third-order valence-corrected chi connectivity index (χ3v) is 4.59. The van der Waals surface area contributed by atoms with Crippen LogP contribution in [0.3, 0.4) is 0 Å². The SMILES string of the molecule is COc1ccc(OC)c(NC(=O)N(CCN2CCOCC2)c2cc(N)ncn2)c1. The number of morpholine rings is 1. The number of rotatable bonds is 7. The van der Waals surface area contributed by atoms with Crippen molar-refractivity contribution in [2.45, 2.75) is 0 Å². The summed E-state index contributed by atoms with van der Waals surface area (Å²) in [4.78, 5) is 25.0. The van der Waals surface area contributed by atoms with Crippen molar-refractivity contribution < 1.29 is 19.0 Å². The van der Waals surface area contributed by atoms with Gasteiger partial charge in [0.25, 0.3) is 0 Å². The van der Waals surface area contributed by atoms with E-state index in [-0.39, 0.29) is 11.8 Å². The Hall–Kier alpha value is -3.11. The zero-order chi connectivity index (χ0) is 20.6. The molecule has 2 aromatic rings. The maximum atomic E-state index is 13.1. The van der Waals surface area contributed by atoms with Crippen LogP contribution in [-0.2, 0) is 4.74 Å². The predicted octanol–water partition coefficient (Wildman–Crippen LogP) is 1.45. The summed E-state index contributed by atoms with van der Waals surface area (Å²) in [6.07, 6.45) is 1.34. The molecule has 1 aromatic carbocycles. The zero-order valence-corrected chi connectivity index (χ0v) is 16.6. The Kier molecular flexibility index (Phi) is 7.04. The number of aromatic nitrogens is 2. The van der Waals surface area contributed by atoms with E-state index in [9.17, 15) is 4.79 Å². The van der Waals surface area contributed by atoms with Crippen molar-refractivity contribution >= 4 is 23.4 Å². The molecule has 10 nitrogen and oxygen atoms in total. The van der Waals surface area contributed by atoms with Crippen LogP contribution in [0.1, 0.15) is 0 Å². The highest BCUT2D eigenvalue weighted by Gasteiger charge is 2.21. The third-order valence-electron chi connectivity index (χ3n) is 4.59. The van der Waals surface area contributed by atoms with Gasteiger partial charge in [0.05, 0.1) is 33.1 Å². The molecule has 0 radical (unpaired) electrons. The maximum Gasteiger partial charge on any atom is 0.327 e. The summed E-state index contributed by atoms with van der Waals surface area (Å²) in [5, 5.41) is 2.88. The fourth-order valence-corrected chi connectivity index (χ4v) is 2.99. The highest BCUT2D eigenvalue weighted by molar-refractivity contribution is 6.02. The molecule has 156 valence electrons. The van der Waals surface area contributed by atoms with Crippen molar-refractivity contribution in [3.63, 3.8) is 0 Å². The van der Waals surface area contributed by atoms with Gasteiger partial charge in [-0.05, 0) is 12.1 Å². The first-order valence-corrected chi connectivity index (χ1v) is 9.29. The second-order valence-electron chi connectivity index (χ2n) is 6.40. The first kappa shape index (κ1) is 20.6. The molecule has 3 rings (SSSR count). The molecule has 1 aliphatic rings. The molecule has 2 amide bonds. The number of anilines is 3. The Bertz CT molecular complexity index is 828. The number of hydrogen-bond donors (Lipinski definition) is 2. The zero-order valence-electron chi connectivity index (χ0n) is 16.6. The lowest BCUT2D eigenvalue weighted by Crippen LogP contribution is -2.44. The molecular weight excluding hydrogens is 376 g/mol. The van der Waals surface area contributed by atoms with E-state index < -0.39 is 0 Å². The van der Waals surface area contributed by atoms with Gasteiger partial charge < -0.3 is 25.3 Å². The molecule has 1 aromatic heterocycles. The van der Waals surface area contributed by atoms with Crippen molar-refractivity contribution in [3.05, 3.63) is 30.6 Å². The van der Waals surface area contributed by atoms with Crippen LogP contribution in [0.4, 0.5) is 22.1 Å². The minimum atomic E-state index is -0.358. The van der Waals surface area contributed by atoms with E-state index in [2.05, 4.69) is 20.2 Å². The number of benzene rings is 1. The van der Waals surface area contributed by atoms with Crippen LogP contribution in [-0.4, -0.2) is 74.5 Å². The van der Waals surface area contributed by atoms with Gasteiger partial charge in [0.15, 0.2) is 0 Å². The average Bonchev–Trinajstić information content (AvgIpc) is 2.74. The number of methoxy groups -OCH3 is 2. The van der Waals surface area contributed by atoms with E-state index in [4.69, 9.17) is 19.9 Å². The summed E-state index contributed by atoms with van der Waals surface area (Å²) in [7, 11) is 3.10. The van der Waals surface area contributed by atoms with Gasteiger partial charge in [-0.2, -0.15) is 0 Å². The summed E-state index contributed by atoms with van der Waals surface area (Å²) in [6.45, 7) is 4.13. The summed E-state index contributed by atoms with van der Waals surface area (Å²) in [5.74, 6) is 1.84. The molecule has 0 bridgehead atoms. The standard InChI is InChI=1S/C19H26N6O4/c1-27-14-3-4-16(28-2)15(11-14)23-19(26)25(18-12-17(20)21-13-22-18)6-5-24-7-9-29-10-8-24/h3-4,11-13H,5-10H2,1-2H3,(H,23,26)(H2,20,21,22). The topological polar surface area (TPSA) is 115 Å². The molecule has 1 saturated heterocycles. The summed E-state index contributed by atoms with van der Waals surface area (Å²) in [6, 6.07) is 6.40. The second kappa shape index (κ2) is 9.89. The number of carbonyl (C=O) groups is 1. The van der Waals surface area contributed by atoms with Crippen LogP contribution in [0.15, 0.2) is 30.6 Å². The summed E-state index contributed by atoms with van der Waals surface area (Å²) in [5.41, 5.74) is 6.29. The smallest absolute Gasteiger partial charge is 0.327 e. The number of urea groups is 1. The van der Waals surface area contributed by atoms with Crippen molar-refractivity contribution in [1.82, 2.24) is 14.9 Å². The summed E-state index contributed by atoms with van der Waals surface area (Å²) >= 11 is 0. The summed E-state index contributed by atoms with van der Waals surface area (Å²) < 4.78 is 16.0. The van der Waals surface area contributed by atoms with Gasteiger partial charge in [-0.15, -0.1) is 0 Å². The molecule has 0 aliphatic carbocycles. The number of nitrogens with zero attached hydrogens (tertiary/aromatic N) is 4. The van der Waals surface area contributed by atoms with Crippen molar-refractivity contribution in [1.29, 1.82) is 0 Å². The molecule has 0 saturated carbocycles. The lowest BCUT2D eigenvalue weighted by atomic mass is 10.2. The molecule has 0 unspecified atom stereocenters. The molecule has 2 heterocycles. The van der Waals surface area contributed by atoms with Crippen molar-refractivity contribution in [2.75, 3.05) is 69.6 Å². The Morgan fingerprint density at radius 3 is 2.72 bits per heavy atom. The normalized spacial score (nSPS) is 14.3. The fourth-order valence-electron chi connectivity index (χ4n) is 2.99. The lowest BCUT2D eigenvalue weighted by molar-refractivity contribution is 0.0393. The molecule has 0 atom stereocenters. The van der Waals surface area contributed by atoms with Gasteiger partial charge in [0.1, 0.15) is 29.5 Å². The van der Waals surface area contributed by atoms with Crippen LogP contribution in [0.2, 0.25) is 0 Å². The molecule has 0 spiro atoms. The number of hydrogen-bond acceptors (Lipinski definition) is 8. The highest BCUT2D eigenvalue weighted by atomic mass is 16.5. The quantitative estimate of drug-likeness (QED) is 0.715. The first-order chi connectivity index (χ1) is 14.1. The van der Waals surface area contributed by atoms with E-state index in [1.165, 1.54) is 11.2 Å². The Labute approximate surface area is 169 Å². The van der Waals surface area contributed by atoms with Gasteiger partial charge in [0, 0.05) is 38.3 Å². The minimum Gasteiger partial charge on any atom is -0.497 e. The average molecular weight is 402 g/mol. The van der Waals surface area contributed by atoms with E-state index in [0.29, 0.717) is 49.3 Å². The molecule has 3 N–H and O–H groups in total. The second-order valence-corrected chi connectivity index (χ2v) is 6.40. The van der Waals surface area contributed by atoms with Crippen LogP contribution < -0.4 is 25.4 Å². The predicted molar refractivity (Wildman–Crippen MR) is 110 cm³/mol. The molecule has 10 heteroatoms. The van der Waals surface area contributed by atoms with Crippen LogP contribution >= 0.6 is 0 Å². The number of nitrogen functional groups attached to an aromatic ring is 1. The van der Waals surface area contributed by atoms with E-state index in [1.54, 1.807) is 38.5 Å². The number of amides is 2. The number of nitrogens with one attached hydrogen (secondary N) is 1. The maximum absolute atomic E-state index is 13.1. The van der Waals surface area contributed by atoms with Gasteiger partial charge in [0.2, 0.25) is 0 Å². The first-order valence-electron chi connectivity index (χ1n) is 9.29. The highest BCUT2D eigenvalue weighted by Crippen LogP contribution is 2.29. The van der Waals surface area contributed by atoms with Crippen LogP contribution in [0.5, 0.6) is 11.5 Å². The molecular formula is C19H26N6O4. The van der Waals surface area contributed by atoms with E-state index in [0.717, 1.165) is 13.1 Å². The number of ether oxygens (including phenoxy) is 3. The molecule has 1 fully saturated rings. The van der Waals surface area contributed by atoms with Crippen LogP contribution in [0, 0.1) is 0 Å². The lowest BCUT2D eigenvalue weighted by Gasteiger charge is -2.29. The Balaban J connectivity index is 1.80. The number of carbonyl (C=O) groups excluding carboxylic acids is 1. The monoisotopic (exact) mass is 402 g/mol. The largest absolute Gasteiger partial charge is 0.497 e. The molecule has 1 aliphatic heterocycles. The van der Waals surface area contributed by atoms with Crippen molar-refractivity contribution in [3.8, 4) is 11.5 Å². The molecule has 29 heavy (non-hydrogen) atoms. The van der Waals surface area contributed by atoms with Gasteiger partial charge >= 0.3 is 6.03 Å². The third kappa shape index (κ3) is 5.46. The van der Waals surface area contributed by atoms with E-state index in [1.807, 2.05) is 0 Å². The van der Waals surface area contributed by atoms with Crippen molar-refractivity contribution in [2.24, 2.45) is 0 Å². The minimum absolute atomic E-state index is 0.290. The van der Waals surface area contributed by atoms with Gasteiger partial charge in [-0.3, -0.25) is 9.80 Å². The Morgan fingerprint density at radius 1 is 1.24 bits per heavy atom. The van der Waals surface area contributed by atoms with Crippen LogP contribution in [0.25, 0.3) is 0 Å². The fraction of sp³-hybridized carbons (Fsp3) is 0.421. The Morgan fingerprint density at radius 2 is 2.03 bits per heavy atom. The van der Waals surface area contributed by atoms with Gasteiger partial charge in [-0.1, -0.05) is 0 Å².